The Morgan fingerprint density at radius 3 is 2.61 bits per heavy atom. The van der Waals surface area contributed by atoms with Gasteiger partial charge in [-0.15, -0.1) is 0 Å². The maximum Gasteiger partial charge on any atom is 0.306 e. The summed E-state index contributed by atoms with van der Waals surface area (Å²) in [6.45, 7) is 1.36. The Hall–Kier alpha value is -3.00. The summed E-state index contributed by atoms with van der Waals surface area (Å²) in [6.07, 6.45) is 4.02. The molecule has 1 aromatic carbocycles. The van der Waals surface area contributed by atoms with Crippen LogP contribution in [0.15, 0.2) is 33.5 Å². The van der Waals surface area contributed by atoms with Crippen molar-refractivity contribution in [3.05, 3.63) is 51.6 Å². The number of methoxy groups -OCH3 is 1. The second kappa shape index (κ2) is 10.3. The maximum atomic E-state index is 12.3. The third-order valence-corrected chi connectivity index (χ3v) is 5.33. The van der Waals surface area contributed by atoms with Gasteiger partial charge in [0.2, 0.25) is 11.2 Å². The molecule has 0 amide bonds. The van der Waals surface area contributed by atoms with E-state index in [1.165, 1.54) is 0 Å². The van der Waals surface area contributed by atoms with Crippen molar-refractivity contribution in [2.45, 2.75) is 57.7 Å². The lowest BCUT2D eigenvalue weighted by Crippen LogP contribution is -2.16. The van der Waals surface area contributed by atoms with E-state index < -0.39 is 29.7 Å². The Morgan fingerprint density at radius 1 is 1.23 bits per heavy atom. The first kappa shape index (κ1) is 22.7. The van der Waals surface area contributed by atoms with Crippen LogP contribution in [0.25, 0.3) is 0 Å². The quantitative estimate of drug-likeness (QED) is 0.580. The van der Waals surface area contributed by atoms with E-state index >= 15 is 0 Å². The predicted octanol–water partition coefficient (Wildman–Crippen LogP) is 3.25. The van der Waals surface area contributed by atoms with Gasteiger partial charge in [-0.2, -0.15) is 0 Å². The Labute approximate surface area is 180 Å². The largest absolute Gasteiger partial charge is 0.502 e. The van der Waals surface area contributed by atoms with Crippen molar-refractivity contribution in [3.63, 3.8) is 0 Å². The highest BCUT2D eigenvalue weighted by Crippen LogP contribution is 2.39. The molecule has 0 unspecified atom stereocenters. The van der Waals surface area contributed by atoms with E-state index in [0.29, 0.717) is 17.1 Å². The van der Waals surface area contributed by atoms with E-state index in [0.717, 1.165) is 31.7 Å². The van der Waals surface area contributed by atoms with Crippen LogP contribution in [0.2, 0.25) is 0 Å². The number of benzene rings is 1. The summed E-state index contributed by atoms with van der Waals surface area (Å²) in [4.78, 5) is 24.5. The molecule has 1 aliphatic carbocycles. The van der Waals surface area contributed by atoms with E-state index in [9.17, 15) is 19.8 Å². The molecule has 0 aliphatic heterocycles. The van der Waals surface area contributed by atoms with Crippen molar-refractivity contribution in [3.8, 4) is 17.2 Å². The second-order valence-corrected chi connectivity index (χ2v) is 7.44. The van der Waals surface area contributed by atoms with E-state index in [-0.39, 0.29) is 30.7 Å². The molecule has 1 atom stereocenters. The zero-order chi connectivity index (χ0) is 22.4. The zero-order valence-corrected chi connectivity index (χ0v) is 17.8. The minimum atomic E-state index is -0.824. The Morgan fingerprint density at radius 2 is 1.97 bits per heavy atom. The van der Waals surface area contributed by atoms with Crippen LogP contribution < -0.4 is 14.9 Å². The summed E-state index contributed by atoms with van der Waals surface area (Å²) in [6, 6.07) is 6.17. The SMILES string of the molecule is CCOC(=O)C[C@@H](c1ccc(OC)c(OC2CCCC2)c1)c1oc(CO)cc(=O)c1O. The number of esters is 1. The molecule has 0 spiro atoms. The van der Waals surface area contributed by atoms with Crippen LogP contribution in [0.3, 0.4) is 0 Å². The van der Waals surface area contributed by atoms with Gasteiger partial charge in [-0.05, 0) is 50.3 Å². The standard InChI is InChI=1S/C23H28O8/c1-3-29-21(26)12-17(23-22(27)18(25)11-16(13-24)31-23)14-8-9-19(28-2)20(10-14)30-15-6-4-5-7-15/h8-11,15,17,24,27H,3-7,12-13H2,1-2H3/t17-/m0/s1. The molecular formula is C23H28O8. The minimum Gasteiger partial charge on any atom is -0.502 e. The van der Waals surface area contributed by atoms with E-state index in [2.05, 4.69) is 0 Å². The molecule has 31 heavy (non-hydrogen) atoms. The summed E-state index contributed by atoms with van der Waals surface area (Å²) in [5.41, 5.74) is -0.120. The van der Waals surface area contributed by atoms with Gasteiger partial charge in [0.1, 0.15) is 12.4 Å². The van der Waals surface area contributed by atoms with Crippen LogP contribution in [0, 0.1) is 0 Å². The van der Waals surface area contributed by atoms with Gasteiger partial charge in [-0.1, -0.05) is 6.07 Å². The lowest BCUT2D eigenvalue weighted by molar-refractivity contribution is -0.143. The van der Waals surface area contributed by atoms with Gasteiger partial charge in [0, 0.05) is 6.07 Å². The minimum absolute atomic E-state index is 0.0115. The van der Waals surface area contributed by atoms with Crippen molar-refractivity contribution < 1.29 is 33.6 Å². The summed E-state index contributed by atoms with van der Waals surface area (Å²) >= 11 is 0. The van der Waals surface area contributed by atoms with Gasteiger partial charge in [0.05, 0.1) is 32.2 Å². The van der Waals surface area contributed by atoms with Gasteiger partial charge in [-0.25, -0.2) is 0 Å². The number of rotatable bonds is 9. The average molecular weight is 432 g/mol. The molecule has 1 fully saturated rings. The summed E-state index contributed by atoms with van der Waals surface area (Å²) < 4.78 is 22.2. The number of hydrogen-bond donors (Lipinski definition) is 2. The predicted molar refractivity (Wildman–Crippen MR) is 112 cm³/mol. The fourth-order valence-electron chi connectivity index (χ4n) is 3.81. The van der Waals surface area contributed by atoms with Gasteiger partial charge >= 0.3 is 5.97 Å². The molecule has 3 rings (SSSR count). The molecule has 1 heterocycles. The van der Waals surface area contributed by atoms with Crippen molar-refractivity contribution >= 4 is 5.97 Å². The highest BCUT2D eigenvalue weighted by atomic mass is 16.5. The Balaban J connectivity index is 2.06. The molecule has 2 aromatic rings. The monoisotopic (exact) mass is 432 g/mol. The van der Waals surface area contributed by atoms with E-state index in [1.807, 2.05) is 0 Å². The molecule has 1 saturated carbocycles. The van der Waals surface area contributed by atoms with Crippen LogP contribution in [-0.4, -0.2) is 36.0 Å². The van der Waals surface area contributed by atoms with Crippen molar-refractivity contribution in [1.82, 2.24) is 0 Å². The number of aliphatic hydroxyl groups excluding tert-OH is 1. The first-order valence-electron chi connectivity index (χ1n) is 10.4. The summed E-state index contributed by atoms with van der Waals surface area (Å²) in [5, 5.41) is 19.8. The van der Waals surface area contributed by atoms with Gasteiger partial charge in [0.15, 0.2) is 17.3 Å². The molecular weight excluding hydrogens is 404 g/mol. The van der Waals surface area contributed by atoms with Crippen molar-refractivity contribution in [1.29, 1.82) is 0 Å². The average Bonchev–Trinajstić information content (AvgIpc) is 3.27. The fraction of sp³-hybridized carbons (Fsp3) is 0.478. The van der Waals surface area contributed by atoms with Crippen LogP contribution in [-0.2, 0) is 16.1 Å². The number of carbonyl (C=O) groups excluding carboxylic acids is 1. The number of carbonyl (C=O) groups is 1. The van der Waals surface area contributed by atoms with Crippen LogP contribution in [0.1, 0.15) is 62.0 Å². The number of ether oxygens (including phenoxy) is 3. The fourth-order valence-corrected chi connectivity index (χ4v) is 3.81. The number of aliphatic hydroxyl groups is 1. The number of hydrogen-bond acceptors (Lipinski definition) is 8. The number of aromatic hydroxyl groups is 1. The van der Waals surface area contributed by atoms with Crippen LogP contribution >= 0.6 is 0 Å². The summed E-state index contributed by atoms with van der Waals surface area (Å²) in [7, 11) is 1.54. The molecule has 168 valence electrons. The van der Waals surface area contributed by atoms with E-state index in [4.69, 9.17) is 18.6 Å². The lowest BCUT2D eigenvalue weighted by atomic mass is 9.91. The highest BCUT2D eigenvalue weighted by Gasteiger charge is 2.28. The third-order valence-electron chi connectivity index (χ3n) is 5.33. The van der Waals surface area contributed by atoms with Crippen molar-refractivity contribution in [2.24, 2.45) is 0 Å². The Kier molecular flexibility index (Phi) is 7.57. The normalized spacial score (nSPS) is 14.9. The molecule has 1 aliphatic rings. The maximum absolute atomic E-state index is 12.3. The molecule has 0 bridgehead atoms. The van der Waals surface area contributed by atoms with Gasteiger partial charge < -0.3 is 28.8 Å². The van der Waals surface area contributed by atoms with Crippen LogP contribution in [0.4, 0.5) is 0 Å². The lowest BCUT2D eigenvalue weighted by Gasteiger charge is -2.21. The highest BCUT2D eigenvalue weighted by molar-refractivity contribution is 5.71. The topological polar surface area (TPSA) is 115 Å². The molecule has 0 saturated heterocycles. The first-order valence-corrected chi connectivity index (χ1v) is 10.4. The van der Waals surface area contributed by atoms with Gasteiger partial charge in [-0.3, -0.25) is 9.59 Å². The zero-order valence-electron chi connectivity index (χ0n) is 17.8. The molecule has 1 aromatic heterocycles. The molecule has 8 nitrogen and oxygen atoms in total. The van der Waals surface area contributed by atoms with Gasteiger partial charge in [0.25, 0.3) is 0 Å². The second-order valence-electron chi connectivity index (χ2n) is 7.44. The van der Waals surface area contributed by atoms with Crippen LogP contribution in [0.5, 0.6) is 17.2 Å². The smallest absolute Gasteiger partial charge is 0.306 e. The molecule has 2 N–H and O–H groups in total. The first-order chi connectivity index (χ1) is 15.0. The van der Waals surface area contributed by atoms with Crippen molar-refractivity contribution in [2.75, 3.05) is 13.7 Å². The molecule has 8 heteroatoms. The summed E-state index contributed by atoms with van der Waals surface area (Å²) in [5.74, 6) is -1.01. The van der Waals surface area contributed by atoms with E-state index in [1.54, 1.807) is 32.2 Å². The Bertz CT molecular complexity index is 959. The molecule has 0 radical (unpaired) electrons. The third kappa shape index (κ3) is 5.38.